The lowest BCUT2D eigenvalue weighted by atomic mass is 9.78. The molecular formula is C23H24FN7O2. The predicted molar refractivity (Wildman–Crippen MR) is 120 cm³/mol. The van der Waals surface area contributed by atoms with E-state index in [9.17, 15) is 9.18 Å². The molecule has 0 bridgehead atoms. The minimum atomic E-state index is -0.450. The van der Waals surface area contributed by atoms with Gasteiger partial charge in [0.05, 0.1) is 29.9 Å². The number of hydrogen-bond donors (Lipinski definition) is 2. The summed E-state index contributed by atoms with van der Waals surface area (Å²) >= 11 is 0. The van der Waals surface area contributed by atoms with E-state index in [2.05, 4.69) is 9.97 Å². The molecule has 0 saturated carbocycles. The Hall–Kier alpha value is -3.76. The van der Waals surface area contributed by atoms with E-state index in [-0.39, 0.29) is 22.6 Å². The summed E-state index contributed by atoms with van der Waals surface area (Å²) in [5.74, 6) is 6.08. The van der Waals surface area contributed by atoms with E-state index in [1.807, 2.05) is 4.90 Å². The van der Waals surface area contributed by atoms with Crippen molar-refractivity contribution in [2.45, 2.75) is 0 Å². The number of rotatable bonds is 5. The Labute approximate surface area is 190 Å². The molecule has 170 valence electrons. The maximum Gasteiger partial charge on any atom is 0.255 e. The number of pyridine rings is 1. The monoisotopic (exact) mass is 449 g/mol. The Kier molecular flexibility index (Phi) is 5.10. The second kappa shape index (κ2) is 7.98. The van der Waals surface area contributed by atoms with Gasteiger partial charge in [0.1, 0.15) is 29.4 Å². The Morgan fingerprint density at radius 3 is 2.55 bits per heavy atom. The van der Waals surface area contributed by atoms with Gasteiger partial charge in [-0.1, -0.05) is 12.1 Å². The molecule has 10 heteroatoms. The van der Waals surface area contributed by atoms with E-state index in [4.69, 9.17) is 16.3 Å². The quantitative estimate of drug-likeness (QED) is 0.448. The first-order chi connectivity index (χ1) is 15.9. The standard InChI is InChI=1S/C23H24FN7O2/c1-29(26)21(20(25)16-4-2-3-5-17(16)24)18-9-30(14-28-18)19-7-6-15(8-27-19)22(32)31-10-23(11-31)12-33-13-23/h2-9,14H,10-13,25-26H2,1H3/b21-20-. The zero-order chi connectivity index (χ0) is 23.2. The van der Waals surface area contributed by atoms with E-state index in [1.165, 1.54) is 11.1 Å². The van der Waals surface area contributed by atoms with Gasteiger partial charge in [-0.2, -0.15) is 0 Å². The highest BCUT2D eigenvalue weighted by atomic mass is 19.1. The molecule has 0 aliphatic carbocycles. The van der Waals surface area contributed by atoms with Gasteiger partial charge in [-0.3, -0.25) is 9.36 Å². The van der Waals surface area contributed by atoms with Crippen LogP contribution in [0.4, 0.5) is 4.39 Å². The van der Waals surface area contributed by atoms with Crippen molar-refractivity contribution in [1.29, 1.82) is 0 Å². The molecule has 1 amide bonds. The number of benzene rings is 1. The zero-order valence-electron chi connectivity index (χ0n) is 18.1. The number of aromatic nitrogens is 3. The summed E-state index contributed by atoms with van der Waals surface area (Å²) < 4.78 is 21.2. The van der Waals surface area contributed by atoms with Crippen LogP contribution < -0.4 is 11.6 Å². The van der Waals surface area contributed by atoms with E-state index >= 15 is 0 Å². The van der Waals surface area contributed by atoms with Gasteiger partial charge >= 0.3 is 0 Å². The number of nitrogens with two attached hydrogens (primary N) is 2. The van der Waals surface area contributed by atoms with E-state index in [0.717, 1.165) is 26.3 Å². The summed E-state index contributed by atoms with van der Waals surface area (Å²) in [6.07, 6.45) is 4.82. The number of hydrogen-bond acceptors (Lipinski definition) is 7. The van der Waals surface area contributed by atoms with Crippen LogP contribution in [0.2, 0.25) is 0 Å². The number of ether oxygens (including phenoxy) is 1. The highest BCUT2D eigenvalue weighted by molar-refractivity contribution is 5.94. The first-order valence-corrected chi connectivity index (χ1v) is 10.5. The molecule has 4 heterocycles. The Morgan fingerprint density at radius 2 is 1.94 bits per heavy atom. The van der Waals surface area contributed by atoms with Crippen LogP contribution >= 0.6 is 0 Å². The first-order valence-electron chi connectivity index (χ1n) is 10.5. The fourth-order valence-electron chi connectivity index (χ4n) is 4.21. The highest BCUT2D eigenvalue weighted by Gasteiger charge is 2.50. The van der Waals surface area contributed by atoms with Crippen molar-refractivity contribution in [2.24, 2.45) is 17.0 Å². The fraction of sp³-hybridized carbons (Fsp3) is 0.261. The number of hydrazine groups is 1. The Balaban J connectivity index is 1.37. The van der Waals surface area contributed by atoms with Crippen LogP contribution in [0, 0.1) is 11.2 Å². The smallest absolute Gasteiger partial charge is 0.255 e. The number of likely N-dealkylation sites (tertiary alicyclic amines) is 1. The van der Waals surface area contributed by atoms with Gasteiger partial charge in [0.2, 0.25) is 0 Å². The van der Waals surface area contributed by atoms with E-state index < -0.39 is 5.82 Å². The van der Waals surface area contributed by atoms with E-state index in [0.29, 0.717) is 22.8 Å². The average Bonchev–Trinajstić information content (AvgIpc) is 3.21. The van der Waals surface area contributed by atoms with Crippen LogP contribution in [-0.4, -0.2) is 63.7 Å². The van der Waals surface area contributed by atoms with Crippen LogP contribution in [0.1, 0.15) is 21.6 Å². The fourth-order valence-corrected chi connectivity index (χ4v) is 4.21. The number of halogens is 1. The van der Waals surface area contributed by atoms with Crippen LogP contribution in [0.3, 0.4) is 0 Å². The Bertz CT molecular complexity index is 1220. The van der Waals surface area contributed by atoms with Gasteiger partial charge < -0.3 is 20.4 Å². The second-order valence-corrected chi connectivity index (χ2v) is 8.58. The van der Waals surface area contributed by atoms with Crippen LogP contribution in [-0.2, 0) is 4.74 Å². The molecule has 0 unspecified atom stereocenters. The summed E-state index contributed by atoms with van der Waals surface area (Å²) in [5.41, 5.74) is 8.19. The molecule has 1 spiro atoms. The number of imidazole rings is 1. The van der Waals surface area contributed by atoms with Gasteiger partial charge in [0.15, 0.2) is 0 Å². The van der Waals surface area contributed by atoms with Crippen LogP contribution in [0.15, 0.2) is 55.1 Å². The van der Waals surface area contributed by atoms with Crippen LogP contribution in [0.5, 0.6) is 0 Å². The highest BCUT2D eigenvalue weighted by Crippen LogP contribution is 2.38. The largest absolute Gasteiger partial charge is 0.396 e. The SMILES string of the molecule is CN(N)/C(=C(\N)c1ccccc1F)c1cn(-c2ccc(C(=O)N3CC4(COC4)C3)cn2)cn1. The lowest BCUT2D eigenvalue weighted by molar-refractivity contribution is -0.176. The molecule has 5 rings (SSSR count). The van der Waals surface area contributed by atoms with Gasteiger partial charge in [0.25, 0.3) is 5.91 Å². The molecule has 33 heavy (non-hydrogen) atoms. The third-order valence-electron chi connectivity index (χ3n) is 6.01. The average molecular weight is 449 g/mol. The summed E-state index contributed by atoms with van der Waals surface area (Å²) in [4.78, 5) is 23.3. The molecule has 4 N–H and O–H groups in total. The minimum Gasteiger partial charge on any atom is -0.396 e. The van der Waals surface area contributed by atoms with Crippen molar-refractivity contribution in [3.8, 4) is 5.82 Å². The van der Waals surface area contributed by atoms with Gasteiger partial charge in [-0.25, -0.2) is 20.2 Å². The number of nitrogens with zero attached hydrogens (tertiary/aromatic N) is 5. The third kappa shape index (κ3) is 3.73. The number of carbonyl (C=O) groups excluding carboxylic acids is 1. The van der Waals surface area contributed by atoms with Crippen molar-refractivity contribution in [3.05, 3.63) is 77.8 Å². The van der Waals surface area contributed by atoms with Crippen molar-refractivity contribution in [3.63, 3.8) is 0 Å². The predicted octanol–water partition coefficient (Wildman–Crippen LogP) is 1.47. The van der Waals surface area contributed by atoms with Gasteiger partial charge in [-0.05, 0) is 24.3 Å². The lowest BCUT2D eigenvalue weighted by Crippen LogP contribution is -2.67. The number of amides is 1. The third-order valence-corrected chi connectivity index (χ3v) is 6.01. The summed E-state index contributed by atoms with van der Waals surface area (Å²) in [7, 11) is 1.61. The van der Waals surface area contributed by atoms with Gasteiger partial charge in [0, 0.05) is 38.1 Å². The zero-order valence-corrected chi connectivity index (χ0v) is 18.1. The van der Waals surface area contributed by atoms with Crippen molar-refractivity contribution >= 4 is 17.3 Å². The molecule has 2 aromatic heterocycles. The summed E-state index contributed by atoms with van der Waals surface area (Å²) in [6, 6.07) is 9.70. The van der Waals surface area contributed by atoms with Crippen molar-refractivity contribution in [2.75, 3.05) is 33.4 Å². The topological polar surface area (TPSA) is 116 Å². The maximum absolute atomic E-state index is 14.3. The maximum atomic E-state index is 14.3. The van der Waals surface area contributed by atoms with Gasteiger partial charge in [-0.15, -0.1) is 0 Å². The van der Waals surface area contributed by atoms with Crippen molar-refractivity contribution < 1.29 is 13.9 Å². The molecule has 2 fully saturated rings. The molecule has 2 saturated heterocycles. The molecule has 0 radical (unpaired) electrons. The molecule has 2 aliphatic rings. The lowest BCUT2D eigenvalue weighted by Gasteiger charge is -2.54. The molecule has 9 nitrogen and oxygen atoms in total. The molecule has 0 atom stereocenters. The normalized spacial score (nSPS) is 17.2. The number of carbonyl (C=O) groups is 1. The first kappa shape index (κ1) is 21.1. The molecular weight excluding hydrogens is 425 g/mol. The van der Waals surface area contributed by atoms with Crippen molar-refractivity contribution in [1.82, 2.24) is 24.4 Å². The van der Waals surface area contributed by atoms with E-state index in [1.54, 1.807) is 60.7 Å². The second-order valence-electron chi connectivity index (χ2n) is 8.58. The molecule has 2 aliphatic heterocycles. The minimum absolute atomic E-state index is 0.0365. The summed E-state index contributed by atoms with van der Waals surface area (Å²) in [5, 5.41) is 1.30. The summed E-state index contributed by atoms with van der Waals surface area (Å²) in [6.45, 7) is 2.91. The van der Waals surface area contributed by atoms with Crippen LogP contribution in [0.25, 0.3) is 17.2 Å². The Morgan fingerprint density at radius 1 is 1.18 bits per heavy atom. The molecule has 3 aromatic rings. The molecule has 1 aromatic carbocycles.